The third kappa shape index (κ3) is 3.48. The molecule has 0 bridgehead atoms. The highest BCUT2D eigenvalue weighted by Gasteiger charge is 2.16. The molecule has 1 aromatic rings. The second-order valence-corrected chi connectivity index (χ2v) is 5.66. The van der Waals surface area contributed by atoms with E-state index in [1.165, 1.54) is 6.20 Å². The van der Waals surface area contributed by atoms with Gasteiger partial charge < -0.3 is 4.98 Å². The number of imidazole rings is 1. The number of aryl methyl sites for hydroxylation is 1. The van der Waals surface area contributed by atoms with Crippen LogP contribution in [0.4, 0.5) is 0 Å². The van der Waals surface area contributed by atoms with E-state index in [2.05, 4.69) is 14.7 Å². The highest BCUT2D eigenvalue weighted by Crippen LogP contribution is 2.06. The van der Waals surface area contributed by atoms with Crippen LogP contribution in [0.5, 0.6) is 0 Å². The Morgan fingerprint density at radius 1 is 1.67 bits per heavy atom. The first-order valence-corrected chi connectivity index (χ1v) is 6.55. The first kappa shape index (κ1) is 12.5. The van der Waals surface area contributed by atoms with Crippen LogP contribution >= 0.6 is 11.6 Å². The normalized spacial score (nSPS) is 14.1. The van der Waals surface area contributed by atoms with E-state index in [0.717, 1.165) is 0 Å². The Morgan fingerprint density at radius 2 is 2.33 bits per heavy atom. The van der Waals surface area contributed by atoms with Crippen LogP contribution in [0.3, 0.4) is 0 Å². The van der Waals surface area contributed by atoms with E-state index in [1.54, 1.807) is 6.92 Å². The van der Waals surface area contributed by atoms with Gasteiger partial charge in [0.05, 0.1) is 6.20 Å². The maximum Gasteiger partial charge on any atom is 0.257 e. The van der Waals surface area contributed by atoms with Gasteiger partial charge in [-0.05, 0) is 6.92 Å². The van der Waals surface area contributed by atoms with E-state index in [-0.39, 0.29) is 16.9 Å². The van der Waals surface area contributed by atoms with E-state index in [1.807, 2.05) is 6.92 Å². The van der Waals surface area contributed by atoms with Gasteiger partial charge in [0.2, 0.25) is 0 Å². The fourth-order valence-electron chi connectivity index (χ4n) is 0.962. The molecule has 0 aromatic carbocycles. The van der Waals surface area contributed by atoms with Crippen molar-refractivity contribution in [3.8, 4) is 0 Å². The van der Waals surface area contributed by atoms with Crippen molar-refractivity contribution in [3.05, 3.63) is 12.0 Å². The predicted molar refractivity (Wildman–Crippen MR) is 58.5 cm³/mol. The Labute approximate surface area is 94.3 Å². The zero-order valence-electron chi connectivity index (χ0n) is 8.62. The van der Waals surface area contributed by atoms with Crippen LogP contribution < -0.4 is 4.72 Å². The summed E-state index contributed by atoms with van der Waals surface area (Å²) in [5.41, 5.74) is 0. The summed E-state index contributed by atoms with van der Waals surface area (Å²) in [4.78, 5) is 6.64. The molecule has 1 rings (SSSR count). The molecule has 0 fully saturated rings. The highest BCUT2D eigenvalue weighted by atomic mass is 35.5. The predicted octanol–water partition coefficient (Wildman–Crippen LogP) is 0.878. The van der Waals surface area contributed by atoms with Crippen molar-refractivity contribution in [2.24, 2.45) is 0 Å². The molecule has 1 unspecified atom stereocenters. The molecule has 1 aromatic heterocycles. The standard InChI is InChI=1S/C8H14ClN3O2S/c1-3-7-10-5-8(12-7)15(13,14)11-4-6(2)9/h5-6,11H,3-4H2,1-2H3,(H,10,12). The van der Waals surface area contributed by atoms with Gasteiger partial charge in [0.15, 0.2) is 5.03 Å². The van der Waals surface area contributed by atoms with Gasteiger partial charge in [-0.25, -0.2) is 18.1 Å². The van der Waals surface area contributed by atoms with Crippen LogP contribution in [-0.2, 0) is 16.4 Å². The molecule has 1 heterocycles. The van der Waals surface area contributed by atoms with Crippen molar-refractivity contribution in [2.45, 2.75) is 30.7 Å². The van der Waals surface area contributed by atoms with Crippen molar-refractivity contribution in [1.29, 1.82) is 0 Å². The van der Waals surface area contributed by atoms with Crippen LogP contribution in [0.25, 0.3) is 0 Å². The average molecular weight is 252 g/mol. The minimum Gasteiger partial charge on any atom is -0.332 e. The van der Waals surface area contributed by atoms with Crippen LogP contribution in [0, 0.1) is 0 Å². The number of sulfonamides is 1. The Hall–Kier alpha value is -0.590. The zero-order valence-corrected chi connectivity index (χ0v) is 10.2. The third-order valence-corrected chi connectivity index (χ3v) is 3.27. The lowest BCUT2D eigenvalue weighted by Gasteiger charge is -2.05. The van der Waals surface area contributed by atoms with Crippen molar-refractivity contribution in [3.63, 3.8) is 0 Å². The number of rotatable bonds is 5. The molecule has 86 valence electrons. The molecule has 0 radical (unpaired) electrons. The number of aromatic nitrogens is 2. The van der Waals surface area contributed by atoms with Crippen LogP contribution in [0.15, 0.2) is 11.2 Å². The van der Waals surface area contributed by atoms with Crippen molar-refractivity contribution in [2.75, 3.05) is 6.54 Å². The third-order valence-electron chi connectivity index (χ3n) is 1.78. The molecule has 0 aliphatic heterocycles. The number of nitrogens with one attached hydrogen (secondary N) is 2. The van der Waals surface area contributed by atoms with Gasteiger partial charge in [0.1, 0.15) is 5.82 Å². The van der Waals surface area contributed by atoms with Gasteiger partial charge in [-0.3, -0.25) is 0 Å². The molecule has 0 spiro atoms. The Morgan fingerprint density at radius 3 is 2.80 bits per heavy atom. The van der Waals surface area contributed by atoms with Gasteiger partial charge in [0.25, 0.3) is 10.0 Å². The maximum atomic E-state index is 11.6. The van der Waals surface area contributed by atoms with Crippen LogP contribution in [0.1, 0.15) is 19.7 Å². The van der Waals surface area contributed by atoms with Gasteiger partial charge in [-0.1, -0.05) is 6.92 Å². The van der Waals surface area contributed by atoms with E-state index in [4.69, 9.17) is 11.6 Å². The summed E-state index contributed by atoms with van der Waals surface area (Å²) < 4.78 is 25.6. The van der Waals surface area contributed by atoms with Gasteiger partial charge in [-0.15, -0.1) is 11.6 Å². The fourth-order valence-corrected chi connectivity index (χ4v) is 2.20. The van der Waals surface area contributed by atoms with Crippen LogP contribution in [0.2, 0.25) is 0 Å². The largest absolute Gasteiger partial charge is 0.332 e. The number of hydrogen-bond donors (Lipinski definition) is 2. The molecular formula is C8H14ClN3O2S. The number of H-pyrrole nitrogens is 1. The summed E-state index contributed by atoms with van der Waals surface area (Å²) in [6, 6.07) is 0. The molecule has 7 heteroatoms. The Kier molecular flexibility index (Phi) is 4.12. The summed E-state index contributed by atoms with van der Waals surface area (Å²) >= 11 is 5.65. The van der Waals surface area contributed by atoms with Crippen molar-refractivity contribution in [1.82, 2.24) is 14.7 Å². The number of halogens is 1. The zero-order chi connectivity index (χ0) is 11.5. The van der Waals surface area contributed by atoms with E-state index in [0.29, 0.717) is 12.2 Å². The summed E-state index contributed by atoms with van der Waals surface area (Å²) in [6.07, 6.45) is 1.97. The minimum atomic E-state index is -3.50. The molecule has 0 saturated heterocycles. The lowest BCUT2D eigenvalue weighted by atomic mass is 10.5. The molecule has 5 nitrogen and oxygen atoms in total. The minimum absolute atomic E-state index is 0.0802. The molecule has 0 saturated carbocycles. The number of alkyl halides is 1. The van der Waals surface area contributed by atoms with Crippen LogP contribution in [-0.4, -0.2) is 30.3 Å². The highest BCUT2D eigenvalue weighted by molar-refractivity contribution is 7.89. The molecular weight excluding hydrogens is 238 g/mol. The van der Waals surface area contributed by atoms with E-state index < -0.39 is 10.0 Å². The monoisotopic (exact) mass is 251 g/mol. The Balaban J connectivity index is 2.77. The molecule has 15 heavy (non-hydrogen) atoms. The molecule has 0 aliphatic rings. The summed E-state index contributed by atoms with van der Waals surface area (Å²) in [6.45, 7) is 3.81. The second-order valence-electron chi connectivity index (χ2n) is 3.18. The topological polar surface area (TPSA) is 74.8 Å². The average Bonchev–Trinajstić information content (AvgIpc) is 2.63. The first-order valence-electron chi connectivity index (χ1n) is 4.63. The van der Waals surface area contributed by atoms with Gasteiger partial charge in [-0.2, -0.15) is 0 Å². The smallest absolute Gasteiger partial charge is 0.257 e. The first-order chi connectivity index (χ1) is 6.95. The number of nitrogens with zero attached hydrogens (tertiary/aromatic N) is 1. The molecule has 0 aliphatic carbocycles. The van der Waals surface area contributed by atoms with E-state index >= 15 is 0 Å². The summed E-state index contributed by atoms with van der Waals surface area (Å²) in [5.74, 6) is 0.647. The summed E-state index contributed by atoms with van der Waals surface area (Å²) in [7, 11) is -3.50. The lowest BCUT2D eigenvalue weighted by molar-refractivity contribution is 0.577. The van der Waals surface area contributed by atoms with Gasteiger partial charge in [0, 0.05) is 18.3 Å². The molecule has 0 amide bonds. The Bertz CT molecular complexity index is 413. The van der Waals surface area contributed by atoms with Crippen molar-refractivity contribution >= 4 is 21.6 Å². The van der Waals surface area contributed by atoms with E-state index in [9.17, 15) is 8.42 Å². The fraction of sp³-hybridized carbons (Fsp3) is 0.625. The maximum absolute atomic E-state index is 11.6. The molecule has 1 atom stereocenters. The molecule has 2 N–H and O–H groups in total. The SMILES string of the molecule is CCc1ncc(S(=O)(=O)NCC(C)Cl)[nH]1. The summed E-state index contributed by atoms with van der Waals surface area (Å²) in [5, 5.41) is -0.162. The van der Waals surface area contributed by atoms with Gasteiger partial charge >= 0.3 is 0 Å². The second kappa shape index (κ2) is 4.96. The lowest BCUT2D eigenvalue weighted by Crippen LogP contribution is -2.29. The number of hydrogen-bond acceptors (Lipinski definition) is 3. The quantitative estimate of drug-likeness (QED) is 0.763. The number of aromatic amines is 1. The van der Waals surface area contributed by atoms with Crippen molar-refractivity contribution < 1.29 is 8.42 Å².